The molecule has 0 heterocycles. The first kappa shape index (κ1) is 11.0. The van der Waals surface area contributed by atoms with Crippen molar-refractivity contribution >= 4 is 13.6 Å². The summed E-state index contributed by atoms with van der Waals surface area (Å²) in [6.45, 7) is 1.89. The second-order valence-corrected chi connectivity index (χ2v) is 3.11. The Morgan fingerprint density at radius 3 is 2.93 bits per heavy atom. The zero-order valence-electron chi connectivity index (χ0n) is 8.12. The molecule has 1 radical (unpaired) electrons. The summed E-state index contributed by atoms with van der Waals surface area (Å²) >= 11 is 0. The maximum Gasteiger partial charge on any atom is 0.485 e. The van der Waals surface area contributed by atoms with Gasteiger partial charge >= 0.3 is 7.69 Å². The quantitative estimate of drug-likeness (QED) is 0.631. The molecular formula is C9H13BNO3. The van der Waals surface area contributed by atoms with E-state index in [4.69, 9.17) is 9.68 Å². The van der Waals surface area contributed by atoms with Gasteiger partial charge in [-0.05, 0) is 24.5 Å². The second-order valence-electron chi connectivity index (χ2n) is 3.11. The van der Waals surface area contributed by atoms with Crippen molar-refractivity contribution < 1.29 is 14.5 Å². The fourth-order valence-corrected chi connectivity index (χ4v) is 1.28. The van der Waals surface area contributed by atoms with Crippen LogP contribution in [0.5, 0.6) is 0 Å². The normalized spacial score (nSPS) is 15.6. The van der Waals surface area contributed by atoms with Gasteiger partial charge in [-0.2, -0.15) is 0 Å². The summed E-state index contributed by atoms with van der Waals surface area (Å²) in [5, 5.41) is 11.1. The largest absolute Gasteiger partial charge is 0.485 e. The molecule has 0 spiro atoms. The van der Waals surface area contributed by atoms with Crippen LogP contribution in [0, 0.1) is 0 Å². The second kappa shape index (κ2) is 5.62. The van der Waals surface area contributed by atoms with E-state index < -0.39 is 0 Å². The first-order valence-electron chi connectivity index (χ1n) is 4.46. The van der Waals surface area contributed by atoms with E-state index in [0.717, 1.165) is 24.1 Å². The number of allylic oxidation sites excluding steroid dienone is 3. The Morgan fingerprint density at radius 1 is 1.64 bits per heavy atom. The third-order valence-electron chi connectivity index (χ3n) is 1.92. The highest BCUT2D eigenvalue weighted by atomic mass is 16.5. The highest BCUT2D eigenvalue weighted by molar-refractivity contribution is 6.15. The van der Waals surface area contributed by atoms with Crippen molar-refractivity contribution in [1.29, 1.82) is 0 Å². The smallest absolute Gasteiger partial charge is 0.429 e. The van der Waals surface area contributed by atoms with Crippen molar-refractivity contribution in [2.45, 2.75) is 19.8 Å². The average molecular weight is 194 g/mol. The molecule has 2 N–H and O–H groups in total. The summed E-state index contributed by atoms with van der Waals surface area (Å²) in [5.74, 6) is -0.0481. The van der Waals surface area contributed by atoms with E-state index >= 15 is 0 Å². The van der Waals surface area contributed by atoms with Crippen LogP contribution in [0.25, 0.3) is 0 Å². The number of rotatable bonds is 4. The molecule has 0 bridgehead atoms. The molecule has 5 heteroatoms. The van der Waals surface area contributed by atoms with Crippen molar-refractivity contribution in [3.8, 4) is 0 Å². The third kappa shape index (κ3) is 3.76. The predicted octanol–water partition coefficient (Wildman–Crippen LogP) is 0.270. The van der Waals surface area contributed by atoms with Crippen molar-refractivity contribution in [3.05, 3.63) is 23.4 Å². The average Bonchev–Trinajstić information content (AvgIpc) is 2.16. The Kier molecular flexibility index (Phi) is 4.42. The number of amides is 1. The van der Waals surface area contributed by atoms with Crippen molar-refractivity contribution in [2.75, 3.05) is 6.61 Å². The first-order chi connectivity index (χ1) is 6.72. The van der Waals surface area contributed by atoms with Crippen molar-refractivity contribution in [1.82, 2.24) is 5.32 Å². The summed E-state index contributed by atoms with van der Waals surface area (Å²) in [5.41, 5.74) is 2.03. The van der Waals surface area contributed by atoms with E-state index in [2.05, 4.69) is 5.32 Å². The van der Waals surface area contributed by atoms with Gasteiger partial charge in [0.2, 0.25) is 5.91 Å². The molecule has 1 amide bonds. The lowest BCUT2D eigenvalue weighted by atomic mass is 10.0. The van der Waals surface area contributed by atoms with Crippen LogP contribution < -0.4 is 5.32 Å². The van der Waals surface area contributed by atoms with Gasteiger partial charge < -0.3 is 15.0 Å². The Balaban J connectivity index is 2.42. The Hall–Kier alpha value is -1.07. The van der Waals surface area contributed by atoms with Gasteiger partial charge in [0.25, 0.3) is 0 Å². The number of hydrogen-bond donors (Lipinski definition) is 2. The van der Waals surface area contributed by atoms with Gasteiger partial charge in [-0.25, -0.2) is 0 Å². The zero-order valence-corrected chi connectivity index (χ0v) is 8.12. The van der Waals surface area contributed by atoms with Crippen LogP contribution in [-0.2, 0) is 9.45 Å². The Morgan fingerprint density at radius 2 is 2.43 bits per heavy atom. The van der Waals surface area contributed by atoms with Crippen LogP contribution in [0.2, 0.25) is 0 Å². The van der Waals surface area contributed by atoms with Crippen molar-refractivity contribution in [3.63, 3.8) is 0 Å². The van der Waals surface area contributed by atoms with E-state index in [1.54, 1.807) is 0 Å². The number of hydrogen-bond acceptors (Lipinski definition) is 3. The fourth-order valence-electron chi connectivity index (χ4n) is 1.28. The summed E-state index contributed by atoms with van der Waals surface area (Å²) < 4.78 is 4.73. The molecule has 0 aromatic rings. The van der Waals surface area contributed by atoms with E-state index in [1.807, 2.05) is 12.2 Å². The zero-order chi connectivity index (χ0) is 10.4. The molecule has 0 aromatic heterocycles. The predicted molar refractivity (Wildman–Crippen MR) is 53.1 cm³/mol. The molecule has 1 aliphatic rings. The van der Waals surface area contributed by atoms with Gasteiger partial charge in [0.15, 0.2) is 0 Å². The lowest BCUT2D eigenvalue weighted by molar-refractivity contribution is -0.118. The molecular weight excluding hydrogens is 181 g/mol. The molecule has 0 saturated carbocycles. The molecule has 0 aliphatic heterocycles. The molecule has 0 atom stereocenters. The molecule has 1 aliphatic carbocycles. The van der Waals surface area contributed by atoms with Crippen LogP contribution in [0.3, 0.4) is 0 Å². The Labute approximate surface area is 84.0 Å². The summed E-state index contributed by atoms with van der Waals surface area (Å²) in [6, 6.07) is 0. The lowest BCUT2D eigenvalue weighted by Crippen LogP contribution is -2.20. The molecule has 0 unspecified atom stereocenters. The SMILES string of the molecule is CC(=O)NC1=CC=C(CO[B]O)CC1. The number of nitrogens with one attached hydrogen (secondary N) is 1. The van der Waals surface area contributed by atoms with Gasteiger partial charge in [-0.15, -0.1) is 0 Å². The molecule has 0 aromatic carbocycles. The van der Waals surface area contributed by atoms with E-state index in [0.29, 0.717) is 14.3 Å². The number of carbonyl (C=O) groups is 1. The highest BCUT2D eigenvalue weighted by Crippen LogP contribution is 2.16. The summed E-state index contributed by atoms with van der Waals surface area (Å²) in [4.78, 5) is 10.7. The lowest BCUT2D eigenvalue weighted by Gasteiger charge is -2.14. The standard InChI is InChI=1S/C9H13BNO3/c1-7(12)11-9-4-2-8(3-5-9)6-14-10-13/h2,4,13H,3,5-6H2,1H3,(H,11,12). The molecule has 75 valence electrons. The molecule has 14 heavy (non-hydrogen) atoms. The maximum atomic E-state index is 10.7. The minimum atomic E-state index is -0.0481. The van der Waals surface area contributed by atoms with Crippen LogP contribution >= 0.6 is 0 Å². The highest BCUT2D eigenvalue weighted by Gasteiger charge is 2.07. The van der Waals surface area contributed by atoms with Gasteiger partial charge in [0.05, 0.1) is 6.61 Å². The van der Waals surface area contributed by atoms with E-state index in [9.17, 15) is 4.79 Å². The minimum Gasteiger partial charge on any atom is -0.429 e. The van der Waals surface area contributed by atoms with Crippen molar-refractivity contribution in [2.24, 2.45) is 0 Å². The third-order valence-corrected chi connectivity index (χ3v) is 1.92. The summed E-state index contributed by atoms with van der Waals surface area (Å²) in [6.07, 6.45) is 5.42. The van der Waals surface area contributed by atoms with E-state index in [1.165, 1.54) is 6.92 Å². The molecule has 0 saturated heterocycles. The fraction of sp³-hybridized carbons (Fsp3) is 0.444. The monoisotopic (exact) mass is 194 g/mol. The minimum absolute atomic E-state index is 0.0481. The first-order valence-corrected chi connectivity index (χ1v) is 4.46. The van der Waals surface area contributed by atoms with Crippen LogP contribution in [0.1, 0.15) is 19.8 Å². The topological polar surface area (TPSA) is 58.6 Å². The number of carbonyl (C=O) groups excluding carboxylic acids is 1. The van der Waals surface area contributed by atoms with Crippen LogP contribution in [-0.4, -0.2) is 25.2 Å². The maximum absolute atomic E-state index is 10.7. The Bertz CT molecular complexity index is 273. The molecule has 4 nitrogen and oxygen atoms in total. The van der Waals surface area contributed by atoms with E-state index in [-0.39, 0.29) is 5.91 Å². The molecule has 1 rings (SSSR count). The van der Waals surface area contributed by atoms with Crippen LogP contribution in [0.15, 0.2) is 23.4 Å². The van der Waals surface area contributed by atoms with Crippen LogP contribution in [0.4, 0.5) is 0 Å². The molecule has 0 fully saturated rings. The van der Waals surface area contributed by atoms with Gasteiger partial charge in [-0.3, -0.25) is 4.79 Å². The van der Waals surface area contributed by atoms with Gasteiger partial charge in [0, 0.05) is 12.6 Å². The van der Waals surface area contributed by atoms with Gasteiger partial charge in [0.1, 0.15) is 0 Å². The van der Waals surface area contributed by atoms with Gasteiger partial charge in [-0.1, -0.05) is 6.08 Å². The summed E-state index contributed by atoms with van der Waals surface area (Å²) in [7, 11) is 0.688.